The van der Waals surface area contributed by atoms with Crippen LogP contribution < -0.4 is 5.73 Å². The summed E-state index contributed by atoms with van der Waals surface area (Å²) in [6.45, 7) is 4.05. The van der Waals surface area contributed by atoms with Crippen molar-refractivity contribution in [2.24, 2.45) is 11.7 Å². The summed E-state index contributed by atoms with van der Waals surface area (Å²) in [5.74, 6) is 0.531. The van der Waals surface area contributed by atoms with Gasteiger partial charge in [-0.05, 0) is 43.9 Å². The third-order valence-corrected chi connectivity index (χ3v) is 7.04. The highest BCUT2D eigenvalue weighted by Crippen LogP contribution is 2.30. The van der Waals surface area contributed by atoms with Crippen molar-refractivity contribution in [3.8, 4) is 0 Å². The van der Waals surface area contributed by atoms with Crippen LogP contribution in [0.4, 0.5) is 0 Å². The largest absolute Gasteiger partial charge is 0.330 e. The summed E-state index contributed by atoms with van der Waals surface area (Å²) >= 11 is 1.36. The molecule has 0 aromatic carbocycles. The predicted molar refractivity (Wildman–Crippen MR) is 78.9 cm³/mol. The molecule has 2 heterocycles. The van der Waals surface area contributed by atoms with E-state index in [4.69, 9.17) is 5.73 Å². The summed E-state index contributed by atoms with van der Waals surface area (Å²) < 4.78 is 27.1. The summed E-state index contributed by atoms with van der Waals surface area (Å²) in [5.41, 5.74) is 5.50. The molecule has 0 bridgehead atoms. The Hall–Kier alpha value is -0.430. The molecule has 1 saturated heterocycles. The van der Waals surface area contributed by atoms with Gasteiger partial charge in [0.1, 0.15) is 4.21 Å². The zero-order valence-corrected chi connectivity index (χ0v) is 13.0. The molecule has 2 rings (SSSR count). The molecule has 0 aliphatic carbocycles. The second-order valence-corrected chi connectivity index (χ2v) is 8.40. The molecule has 0 radical (unpaired) electrons. The van der Waals surface area contributed by atoms with Crippen molar-refractivity contribution >= 4 is 21.4 Å². The molecule has 1 aromatic rings. The van der Waals surface area contributed by atoms with E-state index in [9.17, 15) is 8.42 Å². The van der Waals surface area contributed by atoms with Crippen LogP contribution in [0.1, 0.15) is 31.1 Å². The first-order valence-corrected chi connectivity index (χ1v) is 9.12. The topological polar surface area (TPSA) is 63.4 Å². The molecule has 1 aliphatic heterocycles. The molecule has 4 nitrogen and oxygen atoms in total. The number of hydrogen-bond donors (Lipinski definition) is 1. The van der Waals surface area contributed by atoms with E-state index in [0.717, 1.165) is 30.6 Å². The average Bonchev–Trinajstić information content (AvgIpc) is 2.99. The van der Waals surface area contributed by atoms with Gasteiger partial charge in [-0.1, -0.05) is 13.3 Å². The fourth-order valence-electron chi connectivity index (χ4n) is 2.56. The van der Waals surface area contributed by atoms with Gasteiger partial charge in [-0.15, -0.1) is 11.3 Å². The van der Waals surface area contributed by atoms with Crippen LogP contribution in [-0.2, 0) is 16.4 Å². The molecule has 6 heteroatoms. The molecule has 1 aliphatic rings. The average molecular weight is 302 g/mol. The summed E-state index contributed by atoms with van der Waals surface area (Å²) in [5, 5.41) is 0. The molecular formula is C13H22N2O2S2. The maximum absolute atomic E-state index is 12.5. The zero-order valence-electron chi connectivity index (χ0n) is 11.3. The molecule has 0 amide bonds. The highest BCUT2D eigenvalue weighted by Gasteiger charge is 2.32. The predicted octanol–water partition coefficient (Wildman–Crippen LogP) is 2.06. The van der Waals surface area contributed by atoms with Crippen molar-refractivity contribution in [3.05, 3.63) is 17.0 Å². The van der Waals surface area contributed by atoms with Crippen molar-refractivity contribution in [2.45, 2.75) is 36.8 Å². The molecule has 1 fully saturated rings. The molecule has 19 heavy (non-hydrogen) atoms. The minimum atomic E-state index is -3.28. The lowest BCUT2D eigenvalue weighted by Gasteiger charge is -2.15. The van der Waals surface area contributed by atoms with Crippen molar-refractivity contribution in [3.63, 3.8) is 0 Å². The maximum Gasteiger partial charge on any atom is 0.252 e. The van der Waals surface area contributed by atoms with Gasteiger partial charge in [0.25, 0.3) is 10.0 Å². The molecule has 0 saturated carbocycles. The monoisotopic (exact) mass is 302 g/mol. The highest BCUT2D eigenvalue weighted by molar-refractivity contribution is 7.91. The Balaban J connectivity index is 2.09. The first-order valence-electron chi connectivity index (χ1n) is 6.87. The quantitative estimate of drug-likeness (QED) is 0.875. The number of rotatable bonds is 6. The van der Waals surface area contributed by atoms with E-state index in [1.165, 1.54) is 11.3 Å². The first-order chi connectivity index (χ1) is 9.07. The van der Waals surface area contributed by atoms with Gasteiger partial charge < -0.3 is 5.73 Å². The first kappa shape index (κ1) is 15.0. The van der Waals surface area contributed by atoms with Gasteiger partial charge in [-0.2, -0.15) is 4.31 Å². The Bertz CT molecular complexity index is 510. The van der Waals surface area contributed by atoms with Crippen LogP contribution in [0.3, 0.4) is 0 Å². The molecule has 2 N–H and O–H groups in total. The highest BCUT2D eigenvalue weighted by atomic mass is 32.2. The van der Waals surface area contributed by atoms with Crippen molar-refractivity contribution in [1.82, 2.24) is 4.31 Å². The van der Waals surface area contributed by atoms with Gasteiger partial charge in [0.2, 0.25) is 0 Å². The maximum atomic E-state index is 12.5. The lowest BCUT2D eigenvalue weighted by Crippen LogP contribution is -2.28. The second kappa shape index (κ2) is 6.35. The Kier molecular flexibility index (Phi) is 5.00. The van der Waals surface area contributed by atoms with Gasteiger partial charge in [0, 0.05) is 18.0 Å². The Morgan fingerprint density at radius 2 is 2.26 bits per heavy atom. The fourth-order valence-corrected chi connectivity index (χ4v) is 5.62. The summed E-state index contributed by atoms with van der Waals surface area (Å²) in [6.07, 6.45) is 3.99. The standard InChI is InChI=1S/C13H22N2O2S2/c1-2-3-11-7-9-15(10-11)19(16,17)13-5-4-12(18-13)6-8-14/h4-5,11H,2-3,6-10,14H2,1H3. The smallest absolute Gasteiger partial charge is 0.252 e. The van der Waals surface area contributed by atoms with Crippen molar-refractivity contribution in [1.29, 1.82) is 0 Å². The molecule has 0 spiro atoms. The van der Waals surface area contributed by atoms with E-state index in [-0.39, 0.29) is 0 Å². The molecular weight excluding hydrogens is 280 g/mol. The molecule has 1 atom stereocenters. The van der Waals surface area contributed by atoms with Crippen LogP contribution in [0.5, 0.6) is 0 Å². The van der Waals surface area contributed by atoms with E-state index in [1.807, 2.05) is 6.07 Å². The fraction of sp³-hybridized carbons (Fsp3) is 0.692. The molecule has 108 valence electrons. The van der Waals surface area contributed by atoms with Crippen molar-refractivity contribution < 1.29 is 8.42 Å². The van der Waals surface area contributed by atoms with E-state index >= 15 is 0 Å². The number of nitrogens with zero attached hydrogens (tertiary/aromatic N) is 1. The normalized spacial score (nSPS) is 21.1. The second-order valence-electron chi connectivity index (χ2n) is 5.07. The minimum Gasteiger partial charge on any atom is -0.330 e. The zero-order chi connectivity index (χ0) is 13.9. The van der Waals surface area contributed by atoms with Crippen LogP contribution in [0.2, 0.25) is 0 Å². The number of nitrogens with two attached hydrogens (primary N) is 1. The van der Waals surface area contributed by atoms with Crippen LogP contribution in [-0.4, -0.2) is 32.4 Å². The Labute approximate surface area is 119 Å². The van der Waals surface area contributed by atoms with Crippen LogP contribution >= 0.6 is 11.3 Å². The van der Waals surface area contributed by atoms with Gasteiger partial charge in [-0.3, -0.25) is 0 Å². The molecule has 1 unspecified atom stereocenters. The lowest BCUT2D eigenvalue weighted by atomic mass is 10.0. The third-order valence-electron chi connectivity index (χ3n) is 3.57. The van der Waals surface area contributed by atoms with Gasteiger partial charge in [0.15, 0.2) is 0 Å². The van der Waals surface area contributed by atoms with Crippen LogP contribution in [0, 0.1) is 5.92 Å². The number of hydrogen-bond acceptors (Lipinski definition) is 4. The van der Waals surface area contributed by atoms with Crippen LogP contribution in [0.25, 0.3) is 0 Å². The van der Waals surface area contributed by atoms with E-state index in [1.54, 1.807) is 10.4 Å². The third kappa shape index (κ3) is 3.37. The summed E-state index contributed by atoms with van der Waals surface area (Å²) in [4.78, 5) is 1.05. The van der Waals surface area contributed by atoms with Gasteiger partial charge in [0.05, 0.1) is 0 Å². The minimum absolute atomic E-state index is 0.466. The Morgan fingerprint density at radius 3 is 2.95 bits per heavy atom. The number of sulfonamides is 1. The number of thiophene rings is 1. The lowest BCUT2D eigenvalue weighted by molar-refractivity contribution is 0.446. The SMILES string of the molecule is CCCC1CCN(S(=O)(=O)c2ccc(CCN)s2)C1. The van der Waals surface area contributed by atoms with Crippen LogP contribution in [0.15, 0.2) is 16.3 Å². The molecule has 1 aromatic heterocycles. The van der Waals surface area contributed by atoms with E-state index in [2.05, 4.69) is 6.92 Å². The van der Waals surface area contributed by atoms with E-state index < -0.39 is 10.0 Å². The van der Waals surface area contributed by atoms with Gasteiger partial charge in [-0.25, -0.2) is 8.42 Å². The summed E-state index contributed by atoms with van der Waals surface area (Å²) in [7, 11) is -3.28. The van der Waals surface area contributed by atoms with Gasteiger partial charge >= 0.3 is 0 Å². The summed E-state index contributed by atoms with van der Waals surface area (Å²) in [6, 6.07) is 3.60. The van der Waals surface area contributed by atoms with E-state index in [0.29, 0.717) is 29.8 Å². The Morgan fingerprint density at radius 1 is 1.47 bits per heavy atom. The van der Waals surface area contributed by atoms with Crippen molar-refractivity contribution in [2.75, 3.05) is 19.6 Å².